The van der Waals surface area contributed by atoms with E-state index in [1.165, 1.54) is 0 Å². The quantitative estimate of drug-likeness (QED) is 0.869. The Labute approximate surface area is 135 Å². The van der Waals surface area contributed by atoms with E-state index in [-0.39, 0.29) is 5.91 Å². The monoisotopic (exact) mass is 315 g/mol. The highest BCUT2D eigenvalue weighted by Gasteiger charge is 2.35. The number of amides is 1. The fraction of sp³-hybridized carbons (Fsp3) is 0.412. The fourth-order valence-corrected chi connectivity index (χ4v) is 2.83. The number of nitrogens with one attached hydrogen (secondary N) is 1. The maximum Gasteiger partial charge on any atom is 0.234 e. The first-order valence-electron chi connectivity index (χ1n) is 7.81. The summed E-state index contributed by atoms with van der Waals surface area (Å²) >= 11 is 0. The number of furan rings is 1. The van der Waals surface area contributed by atoms with Crippen LogP contribution in [0.15, 0.2) is 47.2 Å². The number of aliphatic hydroxyl groups is 1. The molecule has 6 heteroatoms. The number of likely N-dealkylation sites (tertiary alicyclic amines) is 1. The molecular weight excluding hydrogens is 294 g/mol. The first-order chi connectivity index (χ1) is 11.2. The Balaban J connectivity index is 1.46. The summed E-state index contributed by atoms with van der Waals surface area (Å²) in [6.07, 6.45) is 4.44. The van der Waals surface area contributed by atoms with Gasteiger partial charge in [0.2, 0.25) is 5.91 Å². The summed E-state index contributed by atoms with van der Waals surface area (Å²) in [6.45, 7) is 2.07. The zero-order valence-electron chi connectivity index (χ0n) is 12.9. The molecule has 0 bridgehead atoms. The van der Waals surface area contributed by atoms with Crippen LogP contribution in [-0.4, -0.2) is 40.5 Å². The van der Waals surface area contributed by atoms with Crippen molar-refractivity contribution in [2.75, 3.05) is 19.6 Å². The lowest BCUT2D eigenvalue weighted by Crippen LogP contribution is -2.46. The molecule has 1 fully saturated rings. The minimum absolute atomic E-state index is 0.0373. The van der Waals surface area contributed by atoms with Crippen LogP contribution < -0.4 is 5.32 Å². The van der Waals surface area contributed by atoms with Gasteiger partial charge in [0.15, 0.2) is 0 Å². The van der Waals surface area contributed by atoms with Crippen molar-refractivity contribution in [3.05, 3.63) is 54.2 Å². The van der Waals surface area contributed by atoms with Crippen molar-refractivity contribution in [1.29, 1.82) is 0 Å². The van der Waals surface area contributed by atoms with Crippen LogP contribution in [0.3, 0.4) is 0 Å². The molecule has 0 unspecified atom stereocenters. The van der Waals surface area contributed by atoms with Crippen molar-refractivity contribution >= 4 is 5.91 Å². The third-order valence-electron chi connectivity index (χ3n) is 4.23. The molecular formula is C17H21N3O3. The first kappa shape index (κ1) is 15.7. The van der Waals surface area contributed by atoms with Crippen molar-refractivity contribution in [3.63, 3.8) is 0 Å². The van der Waals surface area contributed by atoms with E-state index in [0.29, 0.717) is 44.7 Å². The van der Waals surface area contributed by atoms with E-state index >= 15 is 0 Å². The molecule has 0 radical (unpaired) electrons. The molecule has 0 saturated carbocycles. The predicted octanol–water partition coefficient (Wildman–Crippen LogP) is 1.27. The largest absolute Gasteiger partial charge is 0.467 e. The number of hydrogen-bond donors (Lipinski definition) is 2. The summed E-state index contributed by atoms with van der Waals surface area (Å²) in [5, 5.41) is 13.6. The third-order valence-corrected chi connectivity index (χ3v) is 4.23. The van der Waals surface area contributed by atoms with Gasteiger partial charge in [-0.25, -0.2) is 0 Å². The molecule has 1 saturated heterocycles. The lowest BCUT2D eigenvalue weighted by Gasteiger charge is -2.37. The zero-order chi connectivity index (χ0) is 16.1. The maximum absolute atomic E-state index is 12.0. The van der Waals surface area contributed by atoms with Crippen LogP contribution >= 0.6 is 0 Å². The Morgan fingerprint density at radius 3 is 2.78 bits per heavy atom. The van der Waals surface area contributed by atoms with Crippen molar-refractivity contribution in [2.24, 2.45) is 0 Å². The van der Waals surface area contributed by atoms with E-state index in [2.05, 4.69) is 15.2 Å². The van der Waals surface area contributed by atoms with Crippen molar-refractivity contribution in [1.82, 2.24) is 15.2 Å². The lowest BCUT2D eigenvalue weighted by molar-refractivity contribution is -0.123. The molecule has 1 amide bonds. The van der Waals surface area contributed by atoms with Gasteiger partial charge in [0.1, 0.15) is 11.4 Å². The first-order valence-corrected chi connectivity index (χ1v) is 7.81. The highest BCUT2D eigenvalue weighted by atomic mass is 16.3. The molecule has 1 aliphatic rings. The average molecular weight is 315 g/mol. The Morgan fingerprint density at radius 2 is 2.13 bits per heavy atom. The summed E-state index contributed by atoms with van der Waals surface area (Å²) < 4.78 is 5.18. The normalized spacial score (nSPS) is 17.8. The van der Waals surface area contributed by atoms with E-state index in [0.717, 1.165) is 5.76 Å². The number of pyridine rings is 1. The molecule has 0 aliphatic carbocycles. The van der Waals surface area contributed by atoms with Crippen molar-refractivity contribution < 1.29 is 14.3 Å². The number of carbonyl (C=O) groups excluding carboxylic acids is 1. The molecule has 1 aliphatic heterocycles. The second kappa shape index (κ2) is 6.93. The Bertz CT molecular complexity index is 620. The highest BCUT2D eigenvalue weighted by Crippen LogP contribution is 2.31. The van der Waals surface area contributed by atoms with Crippen molar-refractivity contribution in [3.8, 4) is 0 Å². The molecule has 2 aromatic rings. The SMILES string of the molecule is O=C(CN1CCC(O)(c2ccccn2)CC1)NCc1ccco1. The summed E-state index contributed by atoms with van der Waals surface area (Å²) in [5.74, 6) is 0.700. The molecule has 3 heterocycles. The van der Waals surface area contributed by atoms with E-state index in [1.54, 1.807) is 18.5 Å². The maximum atomic E-state index is 12.0. The highest BCUT2D eigenvalue weighted by molar-refractivity contribution is 5.77. The van der Waals surface area contributed by atoms with Gasteiger partial charge in [-0.15, -0.1) is 0 Å². The fourth-order valence-electron chi connectivity index (χ4n) is 2.83. The van der Waals surface area contributed by atoms with Crippen LogP contribution in [0.5, 0.6) is 0 Å². The Morgan fingerprint density at radius 1 is 1.30 bits per heavy atom. The summed E-state index contributed by atoms with van der Waals surface area (Å²) in [4.78, 5) is 18.3. The molecule has 122 valence electrons. The van der Waals surface area contributed by atoms with Gasteiger partial charge in [-0.05, 0) is 37.1 Å². The summed E-state index contributed by atoms with van der Waals surface area (Å²) in [6, 6.07) is 9.20. The van der Waals surface area contributed by atoms with Crippen LogP contribution in [-0.2, 0) is 16.9 Å². The van der Waals surface area contributed by atoms with Gasteiger partial charge < -0.3 is 14.8 Å². The van der Waals surface area contributed by atoms with E-state index < -0.39 is 5.60 Å². The van der Waals surface area contributed by atoms with Crippen molar-refractivity contribution in [2.45, 2.75) is 25.0 Å². The number of nitrogens with zero attached hydrogens (tertiary/aromatic N) is 2. The van der Waals surface area contributed by atoms with Crippen LogP contribution in [0.4, 0.5) is 0 Å². The molecule has 0 aromatic carbocycles. The number of carbonyl (C=O) groups is 1. The van der Waals surface area contributed by atoms with E-state index in [9.17, 15) is 9.90 Å². The number of rotatable bonds is 5. The minimum atomic E-state index is -0.887. The van der Waals surface area contributed by atoms with Gasteiger partial charge in [-0.2, -0.15) is 0 Å². The Kier molecular flexibility index (Phi) is 4.73. The molecule has 2 aromatic heterocycles. The number of piperidine rings is 1. The second-order valence-electron chi connectivity index (χ2n) is 5.88. The van der Waals surface area contributed by atoms with E-state index in [1.807, 2.05) is 24.3 Å². The van der Waals surface area contributed by atoms with Gasteiger partial charge in [0.05, 0.1) is 25.0 Å². The molecule has 0 atom stereocenters. The van der Waals surface area contributed by atoms with Crippen LogP contribution in [0.2, 0.25) is 0 Å². The van der Waals surface area contributed by atoms with E-state index in [4.69, 9.17) is 4.42 Å². The molecule has 0 spiro atoms. The number of aromatic nitrogens is 1. The molecule has 2 N–H and O–H groups in total. The minimum Gasteiger partial charge on any atom is -0.467 e. The standard InChI is InChI=1S/C17H21N3O3/c21-16(19-12-14-4-3-11-23-14)13-20-9-6-17(22,7-10-20)15-5-1-2-8-18-15/h1-5,8,11,22H,6-7,9-10,12-13H2,(H,19,21). The van der Waals surface area contributed by atoms with Gasteiger partial charge in [-0.3, -0.25) is 14.7 Å². The molecule has 23 heavy (non-hydrogen) atoms. The van der Waals surface area contributed by atoms with Gasteiger partial charge in [0.25, 0.3) is 0 Å². The topological polar surface area (TPSA) is 78.6 Å². The summed E-state index contributed by atoms with van der Waals surface area (Å²) in [5.41, 5.74) is -0.176. The van der Waals surface area contributed by atoms with Crippen LogP contribution in [0, 0.1) is 0 Å². The summed E-state index contributed by atoms with van der Waals surface area (Å²) in [7, 11) is 0. The third kappa shape index (κ3) is 3.97. The molecule has 3 rings (SSSR count). The lowest BCUT2D eigenvalue weighted by atomic mass is 9.88. The second-order valence-corrected chi connectivity index (χ2v) is 5.88. The smallest absolute Gasteiger partial charge is 0.234 e. The zero-order valence-corrected chi connectivity index (χ0v) is 12.9. The van der Waals surface area contributed by atoms with Gasteiger partial charge >= 0.3 is 0 Å². The predicted molar refractivity (Wildman–Crippen MR) is 84.4 cm³/mol. The molecule has 6 nitrogen and oxygen atoms in total. The van der Waals surface area contributed by atoms with Crippen LogP contribution in [0.25, 0.3) is 0 Å². The van der Waals surface area contributed by atoms with Crippen LogP contribution in [0.1, 0.15) is 24.3 Å². The van der Waals surface area contributed by atoms with Gasteiger partial charge in [0, 0.05) is 19.3 Å². The average Bonchev–Trinajstić information content (AvgIpc) is 3.10. The Hall–Kier alpha value is -2.18. The number of hydrogen-bond acceptors (Lipinski definition) is 5. The van der Waals surface area contributed by atoms with Gasteiger partial charge in [-0.1, -0.05) is 6.07 Å².